The van der Waals surface area contributed by atoms with Crippen molar-refractivity contribution >= 4 is 11.6 Å². The summed E-state index contributed by atoms with van der Waals surface area (Å²) in [5.41, 5.74) is 5.98. The molecule has 0 aliphatic carbocycles. The fraction of sp³-hybridized carbons (Fsp3) is 0.294. The number of benzene rings is 2. The highest BCUT2D eigenvalue weighted by Crippen LogP contribution is 2.33. The first-order valence-electron chi connectivity index (χ1n) is 6.65. The van der Waals surface area contributed by atoms with Crippen molar-refractivity contribution in [2.45, 2.75) is 20.4 Å². The van der Waals surface area contributed by atoms with Crippen molar-refractivity contribution in [3.63, 3.8) is 0 Å². The molecule has 0 aliphatic heterocycles. The van der Waals surface area contributed by atoms with Crippen LogP contribution in [0.4, 0.5) is 0 Å². The zero-order valence-electron chi connectivity index (χ0n) is 12.4. The minimum atomic E-state index is 0.766. The van der Waals surface area contributed by atoms with Crippen molar-refractivity contribution in [3.05, 3.63) is 52.0 Å². The number of halogens is 1. The summed E-state index contributed by atoms with van der Waals surface area (Å²) in [4.78, 5) is 0. The lowest BCUT2D eigenvalue weighted by molar-refractivity contribution is 0.411. The highest BCUT2D eigenvalue weighted by atomic mass is 35.5. The minimum absolute atomic E-state index is 0.766. The zero-order valence-corrected chi connectivity index (χ0v) is 13.1. The van der Waals surface area contributed by atoms with Crippen LogP contribution in [-0.4, -0.2) is 14.2 Å². The number of hydrogen-bond acceptors (Lipinski definition) is 2. The smallest absolute Gasteiger partial charge is 0.122 e. The summed E-state index contributed by atoms with van der Waals surface area (Å²) in [6.07, 6.45) is 0. The van der Waals surface area contributed by atoms with Gasteiger partial charge >= 0.3 is 0 Å². The maximum absolute atomic E-state index is 6.11. The van der Waals surface area contributed by atoms with Gasteiger partial charge in [-0.3, -0.25) is 0 Å². The maximum atomic E-state index is 6.11. The number of nitrogens with one attached hydrogen (secondary N) is 1. The van der Waals surface area contributed by atoms with E-state index in [0.717, 1.165) is 22.9 Å². The quantitative estimate of drug-likeness (QED) is 0.903. The predicted molar refractivity (Wildman–Crippen MR) is 85.7 cm³/mol. The molecule has 2 rings (SSSR count). The Morgan fingerprint density at radius 3 is 2.45 bits per heavy atom. The Morgan fingerprint density at radius 1 is 1.05 bits per heavy atom. The van der Waals surface area contributed by atoms with Crippen LogP contribution in [0.25, 0.3) is 11.1 Å². The van der Waals surface area contributed by atoms with Gasteiger partial charge in [0.1, 0.15) is 5.75 Å². The van der Waals surface area contributed by atoms with Gasteiger partial charge in [0.05, 0.1) is 7.11 Å². The van der Waals surface area contributed by atoms with Crippen molar-refractivity contribution in [2.75, 3.05) is 14.2 Å². The lowest BCUT2D eigenvalue weighted by atomic mass is 9.94. The molecule has 20 heavy (non-hydrogen) atoms. The van der Waals surface area contributed by atoms with E-state index in [1.807, 2.05) is 19.2 Å². The van der Waals surface area contributed by atoms with E-state index in [1.54, 1.807) is 7.11 Å². The van der Waals surface area contributed by atoms with Crippen LogP contribution in [0, 0.1) is 13.8 Å². The van der Waals surface area contributed by atoms with Gasteiger partial charge in [-0.05, 0) is 73.0 Å². The van der Waals surface area contributed by atoms with Crippen LogP contribution in [0.5, 0.6) is 5.75 Å². The lowest BCUT2D eigenvalue weighted by Crippen LogP contribution is -2.06. The highest BCUT2D eigenvalue weighted by molar-refractivity contribution is 6.30. The van der Waals surface area contributed by atoms with E-state index >= 15 is 0 Å². The number of methoxy groups -OCH3 is 1. The van der Waals surface area contributed by atoms with Gasteiger partial charge in [0.25, 0.3) is 0 Å². The Labute approximate surface area is 125 Å². The molecule has 0 unspecified atom stereocenters. The van der Waals surface area contributed by atoms with Crippen LogP contribution < -0.4 is 10.1 Å². The van der Waals surface area contributed by atoms with E-state index in [2.05, 4.69) is 37.4 Å². The second-order valence-corrected chi connectivity index (χ2v) is 5.40. The van der Waals surface area contributed by atoms with E-state index in [0.29, 0.717) is 0 Å². The molecule has 106 valence electrons. The average molecular weight is 290 g/mol. The minimum Gasteiger partial charge on any atom is -0.496 e. The monoisotopic (exact) mass is 289 g/mol. The summed E-state index contributed by atoms with van der Waals surface area (Å²) in [6.45, 7) is 4.96. The van der Waals surface area contributed by atoms with Crippen LogP contribution in [0.3, 0.4) is 0 Å². The molecule has 2 aromatic rings. The molecule has 0 radical (unpaired) electrons. The Balaban J connectivity index is 2.59. The molecular formula is C17H20ClNO. The van der Waals surface area contributed by atoms with Crippen LogP contribution in [-0.2, 0) is 6.54 Å². The summed E-state index contributed by atoms with van der Waals surface area (Å²) in [6, 6.07) is 10.3. The second-order valence-electron chi connectivity index (χ2n) is 4.97. The van der Waals surface area contributed by atoms with Gasteiger partial charge < -0.3 is 10.1 Å². The van der Waals surface area contributed by atoms with Gasteiger partial charge in [-0.15, -0.1) is 0 Å². The third-order valence-corrected chi connectivity index (χ3v) is 3.70. The normalized spacial score (nSPS) is 10.7. The largest absolute Gasteiger partial charge is 0.496 e. The molecule has 0 aromatic heterocycles. The van der Waals surface area contributed by atoms with E-state index in [-0.39, 0.29) is 0 Å². The first kappa shape index (κ1) is 14.9. The fourth-order valence-electron chi connectivity index (χ4n) is 2.46. The molecule has 2 aromatic carbocycles. The number of hydrogen-bond donors (Lipinski definition) is 1. The third-order valence-electron chi connectivity index (χ3n) is 3.47. The molecule has 1 N–H and O–H groups in total. The molecule has 0 spiro atoms. The van der Waals surface area contributed by atoms with Gasteiger partial charge in [-0.2, -0.15) is 0 Å². The standard InChI is InChI=1S/C17H20ClNO/c1-11-8-17(20-4)12(2)7-16(11)15-6-5-14(18)9-13(15)10-19-3/h5-9,19H,10H2,1-4H3. The Morgan fingerprint density at radius 2 is 1.80 bits per heavy atom. The third kappa shape index (κ3) is 2.97. The summed E-state index contributed by atoms with van der Waals surface area (Å²) < 4.78 is 5.38. The SMILES string of the molecule is CNCc1cc(Cl)ccc1-c1cc(C)c(OC)cc1C. The van der Waals surface area contributed by atoms with E-state index < -0.39 is 0 Å². The number of ether oxygens (including phenoxy) is 1. The summed E-state index contributed by atoms with van der Waals surface area (Å²) >= 11 is 6.11. The summed E-state index contributed by atoms with van der Waals surface area (Å²) in [7, 11) is 3.65. The van der Waals surface area contributed by atoms with E-state index in [9.17, 15) is 0 Å². The molecule has 0 bridgehead atoms. The van der Waals surface area contributed by atoms with Crippen LogP contribution >= 0.6 is 11.6 Å². The van der Waals surface area contributed by atoms with Crippen molar-refractivity contribution < 1.29 is 4.74 Å². The molecule has 0 heterocycles. The maximum Gasteiger partial charge on any atom is 0.122 e. The lowest BCUT2D eigenvalue weighted by Gasteiger charge is -2.15. The fourth-order valence-corrected chi connectivity index (χ4v) is 2.66. The van der Waals surface area contributed by atoms with Crippen molar-refractivity contribution in [2.24, 2.45) is 0 Å². The molecule has 0 aliphatic rings. The van der Waals surface area contributed by atoms with Gasteiger partial charge in [-0.1, -0.05) is 17.7 Å². The molecule has 0 fully saturated rings. The van der Waals surface area contributed by atoms with E-state index in [1.165, 1.54) is 22.3 Å². The van der Waals surface area contributed by atoms with Crippen molar-refractivity contribution in [3.8, 4) is 16.9 Å². The first-order valence-corrected chi connectivity index (χ1v) is 7.03. The zero-order chi connectivity index (χ0) is 14.7. The van der Waals surface area contributed by atoms with Gasteiger partial charge in [-0.25, -0.2) is 0 Å². The van der Waals surface area contributed by atoms with E-state index in [4.69, 9.17) is 16.3 Å². The Hall–Kier alpha value is -1.51. The molecular weight excluding hydrogens is 270 g/mol. The predicted octanol–water partition coefficient (Wildman–Crippen LogP) is 4.35. The van der Waals surface area contributed by atoms with Crippen molar-refractivity contribution in [1.29, 1.82) is 0 Å². The van der Waals surface area contributed by atoms with Crippen LogP contribution in [0.2, 0.25) is 5.02 Å². The number of aryl methyl sites for hydroxylation is 2. The van der Waals surface area contributed by atoms with Gasteiger partial charge in [0.15, 0.2) is 0 Å². The average Bonchev–Trinajstić information content (AvgIpc) is 2.42. The second kappa shape index (κ2) is 6.29. The van der Waals surface area contributed by atoms with Gasteiger partial charge in [0, 0.05) is 11.6 Å². The summed E-state index contributed by atoms with van der Waals surface area (Å²) in [5, 5.41) is 3.96. The molecule has 0 amide bonds. The molecule has 2 nitrogen and oxygen atoms in total. The molecule has 0 atom stereocenters. The Kier molecular flexibility index (Phi) is 4.69. The summed E-state index contributed by atoms with van der Waals surface area (Å²) in [5.74, 6) is 0.926. The molecule has 0 saturated carbocycles. The highest BCUT2D eigenvalue weighted by Gasteiger charge is 2.11. The van der Waals surface area contributed by atoms with Gasteiger partial charge in [0.2, 0.25) is 0 Å². The van der Waals surface area contributed by atoms with Crippen LogP contribution in [0.1, 0.15) is 16.7 Å². The topological polar surface area (TPSA) is 21.3 Å². The first-order chi connectivity index (χ1) is 9.56. The number of rotatable bonds is 4. The Bertz CT molecular complexity index is 623. The van der Waals surface area contributed by atoms with Crippen molar-refractivity contribution in [1.82, 2.24) is 5.32 Å². The van der Waals surface area contributed by atoms with Crippen LogP contribution in [0.15, 0.2) is 30.3 Å². The molecule has 3 heteroatoms. The molecule has 0 saturated heterocycles.